The molecule has 1 rings (SSSR count). The van der Waals surface area contributed by atoms with Crippen LogP contribution in [0.4, 0.5) is 0 Å². The fourth-order valence-corrected chi connectivity index (χ4v) is 1.01. The van der Waals surface area contributed by atoms with E-state index >= 15 is 0 Å². The van der Waals surface area contributed by atoms with Gasteiger partial charge in [0.2, 0.25) is 5.88 Å². The van der Waals surface area contributed by atoms with Gasteiger partial charge in [-0.15, -0.1) is 0 Å². The maximum absolute atomic E-state index is 8.29. The number of amidine groups is 1. The zero-order valence-corrected chi connectivity index (χ0v) is 8.47. The molecule has 0 aliphatic heterocycles. The van der Waals surface area contributed by atoms with Gasteiger partial charge in [-0.05, 0) is 5.56 Å². The van der Waals surface area contributed by atoms with Gasteiger partial charge in [0.1, 0.15) is 0 Å². The van der Waals surface area contributed by atoms with Gasteiger partial charge in [0.25, 0.3) is 0 Å². The number of nitrogens with one attached hydrogen (secondary N) is 1. The normalized spacial score (nSPS) is 11.4. The van der Waals surface area contributed by atoms with Gasteiger partial charge >= 0.3 is 0 Å². The minimum atomic E-state index is 0.150. The Labute approximate surface area is 87.8 Å². The molecule has 0 aromatic carbocycles. The quantitative estimate of drug-likeness (QED) is 0.274. The Morgan fingerprint density at radius 3 is 3.00 bits per heavy atom. The van der Waals surface area contributed by atoms with Crippen LogP contribution in [0.3, 0.4) is 0 Å². The number of nitrogens with zero attached hydrogens (tertiary/aromatic N) is 2. The highest BCUT2D eigenvalue weighted by Gasteiger charge is 1.96. The molecule has 1 heterocycles. The number of aromatic nitrogens is 1. The van der Waals surface area contributed by atoms with E-state index in [-0.39, 0.29) is 5.84 Å². The van der Waals surface area contributed by atoms with Crippen LogP contribution in [0.25, 0.3) is 0 Å². The first-order valence-corrected chi connectivity index (χ1v) is 4.42. The van der Waals surface area contributed by atoms with Gasteiger partial charge in [0.05, 0.1) is 13.7 Å². The second kappa shape index (κ2) is 5.82. The SMILES string of the molecule is COc1ccc(CNCC(N)=NO)cn1. The lowest BCUT2D eigenvalue weighted by Gasteiger charge is -2.04. The summed E-state index contributed by atoms with van der Waals surface area (Å²) in [5.74, 6) is 0.728. The van der Waals surface area contributed by atoms with Crippen molar-refractivity contribution in [1.29, 1.82) is 0 Å². The van der Waals surface area contributed by atoms with Crippen LogP contribution in [0, 0.1) is 0 Å². The van der Waals surface area contributed by atoms with Crippen LogP contribution in [0.2, 0.25) is 0 Å². The Morgan fingerprint density at radius 1 is 1.67 bits per heavy atom. The Kier molecular flexibility index (Phi) is 4.36. The van der Waals surface area contributed by atoms with Crippen LogP contribution in [0.5, 0.6) is 5.88 Å². The Morgan fingerprint density at radius 2 is 2.47 bits per heavy atom. The third kappa shape index (κ3) is 3.82. The minimum Gasteiger partial charge on any atom is -0.481 e. The number of nitrogens with two attached hydrogens (primary N) is 1. The average Bonchev–Trinajstić information content (AvgIpc) is 2.29. The second-order valence-electron chi connectivity index (χ2n) is 2.90. The Bertz CT molecular complexity index is 323. The molecular formula is C9H14N4O2. The molecule has 0 amide bonds. The molecule has 4 N–H and O–H groups in total. The molecule has 0 saturated heterocycles. The van der Waals surface area contributed by atoms with E-state index in [9.17, 15) is 0 Å². The van der Waals surface area contributed by atoms with E-state index in [0.717, 1.165) is 5.56 Å². The van der Waals surface area contributed by atoms with Crippen molar-refractivity contribution in [2.75, 3.05) is 13.7 Å². The number of hydrogen-bond donors (Lipinski definition) is 3. The second-order valence-corrected chi connectivity index (χ2v) is 2.90. The van der Waals surface area contributed by atoms with Crippen molar-refractivity contribution in [3.8, 4) is 5.88 Å². The molecule has 0 unspecified atom stereocenters. The summed E-state index contributed by atoms with van der Waals surface area (Å²) < 4.78 is 4.93. The molecule has 0 atom stereocenters. The summed E-state index contributed by atoms with van der Waals surface area (Å²) >= 11 is 0. The summed E-state index contributed by atoms with van der Waals surface area (Å²) in [7, 11) is 1.57. The van der Waals surface area contributed by atoms with E-state index in [1.807, 2.05) is 6.07 Å². The topological polar surface area (TPSA) is 92.8 Å². The third-order valence-electron chi connectivity index (χ3n) is 1.77. The zero-order chi connectivity index (χ0) is 11.1. The van der Waals surface area contributed by atoms with Crippen LogP contribution >= 0.6 is 0 Å². The van der Waals surface area contributed by atoms with Gasteiger partial charge in [0, 0.05) is 18.8 Å². The van der Waals surface area contributed by atoms with Crippen LogP contribution in [0.1, 0.15) is 5.56 Å². The number of pyridine rings is 1. The van der Waals surface area contributed by atoms with Gasteiger partial charge in [0.15, 0.2) is 5.84 Å². The minimum absolute atomic E-state index is 0.150. The number of methoxy groups -OCH3 is 1. The Balaban J connectivity index is 2.38. The van der Waals surface area contributed by atoms with Crippen molar-refractivity contribution < 1.29 is 9.94 Å². The van der Waals surface area contributed by atoms with Crippen molar-refractivity contribution >= 4 is 5.84 Å². The van der Waals surface area contributed by atoms with Gasteiger partial charge in [-0.1, -0.05) is 11.2 Å². The summed E-state index contributed by atoms with van der Waals surface area (Å²) in [4.78, 5) is 4.04. The molecule has 1 aromatic heterocycles. The monoisotopic (exact) mass is 210 g/mol. The van der Waals surface area contributed by atoms with Crippen molar-refractivity contribution in [3.63, 3.8) is 0 Å². The lowest BCUT2D eigenvalue weighted by molar-refractivity contribution is 0.317. The highest BCUT2D eigenvalue weighted by molar-refractivity contribution is 5.81. The fourth-order valence-electron chi connectivity index (χ4n) is 1.01. The molecule has 0 bridgehead atoms. The van der Waals surface area contributed by atoms with Crippen LogP contribution in [-0.4, -0.2) is 29.7 Å². The predicted molar refractivity (Wildman–Crippen MR) is 55.9 cm³/mol. The molecule has 6 nitrogen and oxygen atoms in total. The summed E-state index contributed by atoms with van der Waals surface area (Å²) in [5, 5.41) is 14.1. The molecule has 0 spiro atoms. The number of ether oxygens (including phenoxy) is 1. The molecule has 0 aliphatic carbocycles. The molecule has 0 radical (unpaired) electrons. The molecular weight excluding hydrogens is 196 g/mol. The lowest BCUT2D eigenvalue weighted by Crippen LogP contribution is -2.28. The van der Waals surface area contributed by atoms with Crippen molar-refractivity contribution in [2.45, 2.75) is 6.54 Å². The van der Waals surface area contributed by atoms with E-state index in [4.69, 9.17) is 15.7 Å². The largest absolute Gasteiger partial charge is 0.481 e. The smallest absolute Gasteiger partial charge is 0.212 e. The number of hydrogen-bond acceptors (Lipinski definition) is 5. The van der Waals surface area contributed by atoms with Crippen molar-refractivity contribution in [2.24, 2.45) is 10.9 Å². The maximum atomic E-state index is 8.29. The van der Waals surface area contributed by atoms with Gasteiger partial charge in [-0.3, -0.25) is 0 Å². The van der Waals surface area contributed by atoms with Crippen molar-refractivity contribution in [3.05, 3.63) is 23.9 Å². The van der Waals surface area contributed by atoms with Crippen molar-refractivity contribution in [1.82, 2.24) is 10.3 Å². The first-order chi connectivity index (χ1) is 7.26. The van der Waals surface area contributed by atoms with E-state index in [0.29, 0.717) is 19.0 Å². The Hall–Kier alpha value is -1.82. The molecule has 15 heavy (non-hydrogen) atoms. The summed E-state index contributed by atoms with van der Waals surface area (Å²) in [6, 6.07) is 3.67. The predicted octanol–water partition coefficient (Wildman–Crippen LogP) is -0.0738. The molecule has 1 aromatic rings. The first kappa shape index (κ1) is 11.3. The molecule has 82 valence electrons. The van der Waals surface area contributed by atoms with E-state index in [1.54, 1.807) is 19.4 Å². The zero-order valence-electron chi connectivity index (χ0n) is 8.47. The third-order valence-corrected chi connectivity index (χ3v) is 1.77. The lowest BCUT2D eigenvalue weighted by atomic mass is 10.3. The summed E-state index contributed by atoms with van der Waals surface area (Å²) in [6.45, 7) is 0.940. The highest BCUT2D eigenvalue weighted by atomic mass is 16.5. The van der Waals surface area contributed by atoms with Crippen LogP contribution in [-0.2, 0) is 6.54 Å². The van der Waals surface area contributed by atoms with Gasteiger partial charge < -0.3 is 21.0 Å². The standard InChI is InChI=1S/C9H14N4O2/c1-15-9-3-2-7(5-12-9)4-11-6-8(10)13-14/h2-3,5,11,14H,4,6H2,1H3,(H2,10,13). The number of rotatable bonds is 5. The van der Waals surface area contributed by atoms with E-state index in [2.05, 4.69) is 15.5 Å². The molecule has 6 heteroatoms. The molecule has 0 saturated carbocycles. The van der Waals surface area contributed by atoms with Gasteiger partial charge in [-0.25, -0.2) is 4.98 Å². The first-order valence-electron chi connectivity index (χ1n) is 4.42. The average molecular weight is 210 g/mol. The maximum Gasteiger partial charge on any atom is 0.212 e. The van der Waals surface area contributed by atoms with Crippen LogP contribution < -0.4 is 15.8 Å². The summed E-state index contributed by atoms with van der Waals surface area (Å²) in [6.07, 6.45) is 1.71. The number of oxime groups is 1. The molecule has 0 aliphatic rings. The fraction of sp³-hybridized carbons (Fsp3) is 0.333. The highest BCUT2D eigenvalue weighted by Crippen LogP contribution is 2.05. The van der Waals surface area contributed by atoms with Gasteiger partial charge in [-0.2, -0.15) is 0 Å². The van der Waals surface area contributed by atoms with E-state index < -0.39 is 0 Å². The molecule has 0 fully saturated rings. The van der Waals surface area contributed by atoms with E-state index in [1.165, 1.54) is 0 Å². The summed E-state index contributed by atoms with van der Waals surface area (Å²) in [5.41, 5.74) is 6.29. The van der Waals surface area contributed by atoms with Crippen LogP contribution in [0.15, 0.2) is 23.5 Å².